The van der Waals surface area contributed by atoms with Crippen molar-refractivity contribution in [1.82, 2.24) is 14.8 Å². The first-order valence-electron chi connectivity index (χ1n) is 9.76. The largest absolute Gasteiger partial charge is 0.441 e. The van der Waals surface area contributed by atoms with Crippen molar-refractivity contribution in [2.45, 2.75) is 57.5 Å². The van der Waals surface area contributed by atoms with E-state index in [0.29, 0.717) is 26.1 Å². The van der Waals surface area contributed by atoms with Crippen LogP contribution in [0.2, 0.25) is 0 Å². The minimum Gasteiger partial charge on any atom is -0.441 e. The standard InChI is InChI=1S/C20H29N3O3/c1-2-3-4-5-11-23-16-20(26-19(23)25)8-12-22(13-9-20)18(24)14-17-7-6-10-21-15-17/h6-7,10,15H,2-5,8-9,11-14,16H2,1H3. The number of carbonyl (C=O) groups excluding carboxylic acids is 2. The summed E-state index contributed by atoms with van der Waals surface area (Å²) in [5.74, 6) is 0.119. The van der Waals surface area contributed by atoms with Crippen LogP contribution >= 0.6 is 0 Å². The number of piperidine rings is 1. The topological polar surface area (TPSA) is 62.7 Å². The number of unbranched alkanes of at least 4 members (excludes halogenated alkanes) is 3. The molecule has 2 amide bonds. The molecule has 26 heavy (non-hydrogen) atoms. The maximum Gasteiger partial charge on any atom is 0.410 e. The van der Waals surface area contributed by atoms with E-state index >= 15 is 0 Å². The van der Waals surface area contributed by atoms with Crippen LogP contribution in [0.4, 0.5) is 4.79 Å². The summed E-state index contributed by atoms with van der Waals surface area (Å²) in [6.45, 7) is 4.93. The van der Waals surface area contributed by atoms with Crippen LogP contribution in [0.15, 0.2) is 24.5 Å². The summed E-state index contributed by atoms with van der Waals surface area (Å²) in [4.78, 5) is 32.5. The number of aromatic nitrogens is 1. The lowest BCUT2D eigenvalue weighted by Crippen LogP contribution is -2.49. The summed E-state index contributed by atoms with van der Waals surface area (Å²) in [6, 6.07) is 3.77. The van der Waals surface area contributed by atoms with E-state index in [4.69, 9.17) is 4.74 Å². The van der Waals surface area contributed by atoms with Gasteiger partial charge in [0.15, 0.2) is 0 Å². The molecule has 0 radical (unpaired) electrons. The predicted octanol–water partition coefficient (Wildman–Crippen LogP) is 3.02. The molecule has 0 aromatic carbocycles. The number of carbonyl (C=O) groups is 2. The van der Waals surface area contributed by atoms with Gasteiger partial charge in [-0.25, -0.2) is 4.79 Å². The Balaban J connectivity index is 1.47. The summed E-state index contributed by atoms with van der Waals surface area (Å²) in [7, 11) is 0. The molecule has 1 spiro atoms. The van der Waals surface area contributed by atoms with Gasteiger partial charge in [0.25, 0.3) is 0 Å². The Hall–Kier alpha value is -2.11. The first-order valence-corrected chi connectivity index (χ1v) is 9.76. The van der Waals surface area contributed by atoms with Gasteiger partial charge in [-0.3, -0.25) is 9.78 Å². The van der Waals surface area contributed by atoms with Crippen LogP contribution in [-0.4, -0.2) is 58.6 Å². The molecule has 6 heteroatoms. The number of ether oxygens (including phenoxy) is 1. The molecule has 3 heterocycles. The molecule has 0 N–H and O–H groups in total. The zero-order valence-electron chi connectivity index (χ0n) is 15.7. The SMILES string of the molecule is CCCCCCN1CC2(CCN(C(=O)Cc3cccnc3)CC2)OC1=O. The molecule has 0 bridgehead atoms. The van der Waals surface area contributed by atoms with E-state index < -0.39 is 5.60 Å². The van der Waals surface area contributed by atoms with Gasteiger partial charge in [-0.2, -0.15) is 0 Å². The maximum absolute atomic E-state index is 12.5. The second-order valence-electron chi connectivity index (χ2n) is 7.45. The second-order valence-corrected chi connectivity index (χ2v) is 7.45. The number of hydrogen-bond acceptors (Lipinski definition) is 4. The number of hydrogen-bond donors (Lipinski definition) is 0. The Labute approximate surface area is 155 Å². The van der Waals surface area contributed by atoms with Gasteiger partial charge >= 0.3 is 6.09 Å². The Morgan fingerprint density at radius 2 is 2.08 bits per heavy atom. The maximum atomic E-state index is 12.5. The first kappa shape index (κ1) is 18.7. The summed E-state index contributed by atoms with van der Waals surface area (Å²) in [6.07, 6.45) is 9.69. The molecule has 0 unspecified atom stereocenters. The fourth-order valence-electron chi connectivity index (χ4n) is 3.81. The fourth-order valence-corrected chi connectivity index (χ4v) is 3.81. The van der Waals surface area contributed by atoms with E-state index in [1.807, 2.05) is 21.9 Å². The Morgan fingerprint density at radius 1 is 1.27 bits per heavy atom. The van der Waals surface area contributed by atoms with Crippen LogP contribution in [-0.2, 0) is 16.0 Å². The second kappa shape index (κ2) is 8.52. The lowest BCUT2D eigenvalue weighted by molar-refractivity contribution is -0.133. The van der Waals surface area contributed by atoms with E-state index in [0.717, 1.165) is 37.8 Å². The lowest BCUT2D eigenvalue weighted by atomic mass is 9.91. The number of nitrogens with zero attached hydrogens (tertiary/aromatic N) is 3. The van der Waals surface area contributed by atoms with E-state index in [-0.39, 0.29) is 12.0 Å². The highest BCUT2D eigenvalue weighted by Crippen LogP contribution is 2.33. The van der Waals surface area contributed by atoms with Crippen molar-refractivity contribution in [3.05, 3.63) is 30.1 Å². The number of likely N-dealkylation sites (tertiary alicyclic amines) is 1. The van der Waals surface area contributed by atoms with Crippen LogP contribution < -0.4 is 0 Å². The van der Waals surface area contributed by atoms with Crippen LogP contribution in [0, 0.1) is 0 Å². The monoisotopic (exact) mass is 359 g/mol. The van der Waals surface area contributed by atoms with Crippen LogP contribution in [0.3, 0.4) is 0 Å². The number of rotatable bonds is 7. The third-order valence-electron chi connectivity index (χ3n) is 5.43. The minimum absolute atomic E-state index is 0.119. The van der Waals surface area contributed by atoms with Crippen molar-refractivity contribution >= 4 is 12.0 Å². The molecule has 3 rings (SSSR count). The van der Waals surface area contributed by atoms with Gasteiger partial charge in [-0.1, -0.05) is 32.3 Å². The van der Waals surface area contributed by atoms with E-state index in [9.17, 15) is 9.59 Å². The van der Waals surface area contributed by atoms with Gasteiger partial charge < -0.3 is 14.5 Å². The van der Waals surface area contributed by atoms with Gasteiger partial charge in [0, 0.05) is 44.9 Å². The third-order valence-corrected chi connectivity index (χ3v) is 5.43. The van der Waals surface area contributed by atoms with E-state index in [1.54, 1.807) is 12.4 Å². The third kappa shape index (κ3) is 4.54. The van der Waals surface area contributed by atoms with Gasteiger partial charge in [0.1, 0.15) is 5.60 Å². The molecule has 1 aromatic heterocycles. The van der Waals surface area contributed by atoms with Gasteiger partial charge in [-0.05, 0) is 18.1 Å². The average molecular weight is 359 g/mol. The highest BCUT2D eigenvalue weighted by atomic mass is 16.6. The summed E-state index contributed by atoms with van der Waals surface area (Å²) >= 11 is 0. The van der Waals surface area contributed by atoms with Crippen molar-refractivity contribution < 1.29 is 14.3 Å². The normalized spacial score (nSPS) is 19.0. The molecular weight excluding hydrogens is 330 g/mol. The minimum atomic E-state index is -0.396. The highest BCUT2D eigenvalue weighted by molar-refractivity contribution is 5.79. The van der Waals surface area contributed by atoms with Crippen LogP contribution in [0.1, 0.15) is 51.0 Å². The van der Waals surface area contributed by atoms with Crippen molar-refractivity contribution in [3.8, 4) is 0 Å². The van der Waals surface area contributed by atoms with Gasteiger partial charge in [0.2, 0.25) is 5.91 Å². The van der Waals surface area contributed by atoms with E-state index in [1.165, 1.54) is 12.8 Å². The fraction of sp³-hybridized carbons (Fsp3) is 0.650. The van der Waals surface area contributed by atoms with Crippen molar-refractivity contribution in [2.24, 2.45) is 0 Å². The van der Waals surface area contributed by atoms with Crippen molar-refractivity contribution in [3.63, 3.8) is 0 Å². The quantitative estimate of drug-likeness (QED) is 0.702. The van der Waals surface area contributed by atoms with Gasteiger partial charge in [0.05, 0.1) is 13.0 Å². The summed E-state index contributed by atoms with van der Waals surface area (Å²) in [5.41, 5.74) is 0.538. The highest BCUT2D eigenvalue weighted by Gasteiger charge is 2.47. The lowest BCUT2D eigenvalue weighted by Gasteiger charge is -2.37. The molecular formula is C20H29N3O3. The summed E-state index contributed by atoms with van der Waals surface area (Å²) in [5, 5.41) is 0. The Bertz CT molecular complexity index is 612. The van der Waals surface area contributed by atoms with Crippen molar-refractivity contribution in [2.75, 3.05) is 26.2 Å². The van der Waals surface area contributed by atoms with Gasteiger partial charge in [-0.15, -0.1) is 0 Å². The molecule has 2 aliphatic heterocycles. The Kier molecular flexibility index (Phi) is 6.12. The molecule has 0 aliphatic carbocycles. The van der Waals surface area contributed by atoms with Crippen LogP contribution in [0.5, 0.6) is 0 Å². The molecule has 0 atom stereocenters. The van der Waals surface area contributed by atoms with Crippen LogP contribution in [0.25, 0.3) is 0 Å². The Morgan fingerprint density at radius 3 is 2.77 bits per heavy atom. The molecule has 1 aromatic rings. The summed E-state index contributed by atoms with van der Waals surface area (Å²) < 4.78 is 5.74. The number of pyridine rings is 1. The van der Waals surface area contributed by atoms with Crippen molar-refractivity contribution in [1.29, 1.82) is 0 Å². The first-order chi connectivity index (χ1) is 12.6. The molecule has 2 fully saturated rings. The molecule has 0 saturated carbocycles. The number of amides is 2. The zero-order chi connectivity index (χ0) is 18.4. The average Bonchev–Trinajstić information content (AvgIpc) is 2.95. The van der Waals surface area contributed by atoms with E-state index in [2.05, 4.69) is 11.9 Å². The molecule has 6 nitrogen and oxygen atoms in total. The smallest absolute Gasteiger partial charge is 0.410 e. The molecule has 2 saturated heterocycles. The zero-order valence-corrected chi connectivity index (χ0v) is 15.7. The molecule has 142 valence electrons. The predicted molar refractivity (Wildman–Crippen MR) is 98.7 cm³/mol. The molecule has 2 aliphatic rings.